The maximum Gasteiger partial charge on any atom is 0.393 e. The van der Waals surface area contributed by atoms with Crippen molar-refractivity contribution >= 4 is 0 Å². The van der Waals surface area contributed by atoms with E-state index in [2.05, 4.69) is 6.92 Å². The van der Waals surface area contributed by atoms with Gasteiger partial charge in [-0.2, -0.15) is 13.2 Å². The third-order valence-electron chi connectivity index (χ3n) is 4.90. The highest BCUT2D eigenvalue weighted by molar-refractivity contribution is 4.91. The van der Waals surface area contributed by atoms with Crippen molar-refractivity contribution in [3.05, 3.63) is 0 Å². The summed E-state index contributed by atoms with van der Waals surface area (Å²) >= 11 is 0. The van der Waals surface area contributed by atoms with Crippen LogP contribution < -0.4 is 0 Å². The summed E-state index contributed by atoms with van der Waals surface area (Å²) in [5.74, 6) is -0.594. The van der Waals surface area contributed by atoms with Gasteiger partial charge in [-0.05, 0) is 51.1 Å². The van der Waals surface area contributed by atoms with Crippen LogP contribution in [0.15, 0.2) is 0 Å². The van der Waals surface area contributed by atoms with E-state index in [0.29, 0.717) is 5.92 Å². The summed E-state index contributed by atoms with van der Waals surface area (Å²) in [7, 11) is 0. The molecule has 1 saturated heterocycles. The van der Waals surface area contributed by atoms with E-state index >= 15 is 0 Å². The molecule has 112 valence electrons. The Morgan fingerprint density at radius 1 is 1.11 bits per heavy atom. The molecule has 1 aliphatic carbocycles. The van der Waals surface area contributed by atoms with Gasteiger partial charge in [0.05, 0.1) is 12.0 Å². The zero-order valence-corrected chi connectivity index (χ0v) is 11.5. The number of piperidine rings is 1. The quantitative estimate of drug-likeness (QED) is 0.839. The number of aliphatic hydroxyl groups is 1. The Labute approximate surface area is 113 Å². The molecular weight excluding hydrogens is 255 g/mol. The van der Waals surface area contributed by atoms with Crippen molar-refractivity contribution in [1.82, 2.24) is 4.90 Å². The van der Waals surface area contributed by atoms with Gasteiger partial charge in [0, 0.05) is 6.04 Å². The van der Waals surface area contributed by atoms with Crippen LogP contribution in [0.2, 0.25) is 0 Å². The lowest BCUT2D eigenvalue weighted by molar-refractivity contribution is -0.206. The number of likely N-dealkylation sites (tertiary alicyclic amines) is 1. The maximum absolute atomic E-state index is 13.1. The van der Waals surface area contributed by atoms with Gasteiger partial charge in [0.25, 0.3) is 0 Å². The van der Waals surface area contributed by atoms with Crippen LogP contribution >= 0.6 is 0 Å². The second-order valence-corrected chi connectivity index (χ2v) is 6.07. The van der Waals surface area contributed by atoms with Crippen LogP contribution in [0, 0.1) is 11.8 Å². The first-order valence-corrected chi connectivity index (χ1v) is 7.40. The molecule has 1 aliphatic heterocycles. The summed E-state index contributed by atoms with van der Waals surface area (Å²) < 4.78 is 39.3. The molecule has 3 atom stereocenters. The topological polar surface area (TPSA) is 23.5 Å². The molecule has 0 radical (unpaired) electrons. The Kier molecular flexibility index (Phi) is 4.77. The fourth-order valence-electron chi connectivity index (χ4n) is 3.60. The van der Waals surface area contributed by atoms with Crippen molar-refractivity contribution in [3.8, 4) is 0 Å². The SMILES string of the molecule is CCC1CCN(C2CC(O)CCC2C(F)(F)F)CC1. The average molecular weight is 279 g/mol. The van der Waals surface area contributed by atoms with Crippen molar-refractivity contribution in [2.24, 2.45) is 11.8 Å². The normalized spacial score (nSPS) is 35.5. The molecule has 1 N–H and O–H groups in total. The number of hydrogen-bond acceptors (Lipinski definition) is 2. The van der Waals surface area contributed by atoms with E-state index in [9.17, 15) is 18.3 Å². The fraction of sp³-hybridized carbons (Fsp3) is 1.00. The van der Waals surface area contributed by atoms with Crippen molar-refractivity contribution in [2.45, 2.75) is 63.8 Å². The molecule has 2 fully saturated rings. The smallest absolute Gasteiger partial charge is 0.393 e. The van der Waals surface area contributed by atoms with Gasteiger partial charge in [-0.1, -0.05) is 13.3 Å². The van der Waals surface area contributed by atoms with Crippen LogP contribution in [0.1, 0.15) is 45.4 Å². The second kappa shape index (κ2) is 6.00. The first kappa shape index (κ1) is 15.1. The number of nitrogens with zero attached hydrogens (tertiary/aromatic N) is 1. The van der Waals surface area contributed by atoms with Gasteiger partial charge in [-0.25, -0.2) is 0 Å². The van der Waals surface area contributed by atoms with Crippen LogP contribution in [0.3, 0.4) is 0 Å². The number of aliphatic hydroxyl groups excluding tert-OH is 1. The van der Waals surface area contributed by atoms with E-state index in [1.165, 1.54) is 0 Å². The highest BCUT2D eigenvalue weighted by atomic mass is 19.4. The highest BCUT2D eigenvalue weighted by Gasteiger charge is 2.49. The molecule has 2 nitrogen and oxygen atoms in total. The van der Waals surface area contributed by atoms with Gasteiger partial charge >= 0.3 is 6.18 Å². The molecule has 0 aromatic heterocycles. The van der Waals surface area contributed by atoms with E-state index in [1.807, 2.05) is 4.90 Å². The van der Waals surface area contributed by atoms with Crippen molar-refractivity contribution in [2.75, 3.05) is 13.1 Å². The predicted molar refractivity (Wildman–Crippen MR) is 67.8 cm³/mol. The van der Waals surface area contributed by atoms with Gasteiger partial charge in [-0.3, -0.25) is 4.90 Å². The van der Waals surface area contributed by atoms with Gasteiger partial charge in [0.2, 0.25) is 0 Å². The average Bonchev–Trinajstić information content (AvgIpc) is 2.37. The molecule has 0 amide bonds. The molecule has 0 aromatic carbocycles. The molecular formula is C14H24F3NO. The lowest BCUT2D eigenvalue weighted by Gasteiger charge is -2.44. The van der Waals surface area contributed by atoms with Crippen LogP contribution in [0.5, 0.6) is 0 Å². The summed E-state index contributed by atoms with van der Waals surface area (Å²) in [4.78, 5) is 1.98. The number of alkyl halides is 3. The van der Waals surface area contributed by atoms with Gasteiger partial charge in [-0.15, -0.1) is 0 Å². The zero-order chi connectivity index (χ0) is 14.0. The Morgan fingerprint density at radius 2 is 1.74 bits per heavy atom. The van der Waals surface area contributed by atoms with Crippen LogP contribution in [0.25, 0.3) is 0 Å². The first-order chi connectivity index (χ1) is 8.91. The standard InChI is InChI=1S/C14H24F3NO/c1-2-10-5-7-18(8-6-10)13-9-11(19)3-4-12(13)14(15,16)17/h10-13,19H,2-9H2,1H3. The van der Waals surface area contributed by atoms with Gasteiger partial charge in [0.1, 0.15) is 0 Å². The summed E-state index contributed by atoms with van der Waals surface area (Å²) in [6.45, 7) is 3.65. The Balaban J connectivity index is 2.02. The maximum atomic E-state index is 13.1. The fourth-order valence-corrected chi connectivity index (χ4v) is 3.60. The molecule has 2 aliphatic rings. The Hall–Kier alpha value is -0.290. The van der Waals surface area contributed by atoms with Gasteiger partial charge in [0.15, 0.2) is 0 Å². The van der Waals surface area contributed by atoms with E-state index < -0.39 is 24.2 Å². The number of rotatable bonds is 2. The molecule has 1 saturated carbocycles. The summed E-state index contributed by atoms with van der Waals surface area (Å²) in [5.41, 5.74) is 0. The van der Waals surface area contributed by atoms with Crippen molar-refractivity contribution in [1.29, 1.82) is 0 Å². The van der Waals surface area contributed by atoms with E-state index in [-0.39, 0.29) is 19.3 Å². The molecule has 5 heteroatoms. The van der Waals surface area contributed by atoms with Crippen LogP contribution in [0.4, 0.5) is 13.2 Å². The molecule has 2 rings (SSSR count). The van der Waals surface area contributed by atoms with Crippen LogP contribution in [-0.4, -0.2) is 41.4 Å². The third kappa shape index (κ3) is 3.63. The lowest BCUT2D eigenvalue weighted by Crippen LogP contribution is -2.52. The minimum atomic E-state index is -4.13. The van der Waals surface area contributed by atoms with E-state index in [1.54, 1.807) is 0 Å². The Morgan fingerprint density at radius 3 is 2.26 bits per heavy atom. The predicted octanol–water partition coefficient (Wildman–Crippen LogP) is 3.20. The molecule has 1 heterocycles. The monoisotopic (exact) mass is 279 g/mol. The minimum absolute atomic E-state index is 0.0725. The van der Waals surface area contributed by atoms with Crippen molar-refractivity contribution in [3.63, 3.8) is 0 Å². The lowest BCUT2D eigenvalue weighted by atomic mass is 9.80. The Bertz CT molecular complexity index is 287. The third-order valence-corrected chi connectivity index (χ3v) is 4.90. The number of halogens is 3. The second-order valence-electron chi connectivity index (χ2n) is 6.07. The summed E-state index contributed by atoms with van der Waals surface area (Å²) in [5, 5.41) is 9.70. The molecule has 3 unspecified atom stereocenters. The molecule has 0 aromatic rings. The minimum Gasteiger partial charge on any atom is -0.393 e. The largest absolute Gasteiger partial charge is 0.393 e. The highest BCUT2D eigenvalue weighted by Crippen LogP contribution is 2.41. The molecule has 0 spiro atoms. The zero-order valence-electron chi connectivity index (χ0n) is 11.5. The molecule has 19 heavy (non-hydrogen) atoms. The van der Waals surface area contributed by atoms with E-state index in [0.717, 1.165) is 32.4 Å². The summed E-state index contributed by atoms with van der Waals surface area (Å²) in [6, 6.07) is -0.512. The molecule has 0 bridgehead atoms. The first-order valence-electron chi connectivity index (χ1n) is 7.40. The van der Waals surface area contributed by atoms with Crippen molar-refractivity contribution < 1.29 is 18.3 Å². The number of hydrogen-bond donors (Lipinski definition) is 1. The van der Waals surface area contributed by atoms with Crippen LogP contribution in [-0.2, 0) is 0 Å². The van der Waals surface area contributed by atoms with Gasteiger partial charge < -0.3 is 5.11 Å². The van der Waals surface area contributed by atoms with E-state index in [4.69, 9.17) is 0 Å². The summed E-state index contributed by atoms with van der Waals surface area (Å²) in [6.07, 6.45) is -0.958.